The van der Waals surface area contributed by atoms with Gasteiger partial charge in [-0.05, 0) is 93.4 Å². The van der Waals surface area contributed by atoms with E-state index in [2.05, 4.69) is 41.9 Å². The SMILES string of the molecule is Cc1cc(C(=O)C23CC4CC(CC(C4)C2)C3)c(C)cc1Br. The average Bonchev–Trinajstić information content (AvgIpc) is 2.40. The highest BCUT2D eigenvalue weighted by atomic mass is 79.9. The number of Topliss-reactive ketones (excluding diaryl/α,β-unsaturated/α-hetero) is 1. The average molecular weight is 347 g/mol. The number of aryl methyl sites for hydroxylation is 2. The Morgan fingerprint density at radius 3 is 2.05 bits per heavy atom. The summed E-state index contributed by atoms with van der Waals surface area (Å²) in [6.45, 7) is 4.16. The molecule has 4 saturated carbocycles. The van der Waals surface area contributed by atoms with E-state index in [-0.39, 0.29) is 5.41 Å². The van der Waals surface area contributed by atoms with Crippen LogP contribution in [0.3, 0.4) is 0 Å². The molecule has 4 fully saturated rings. The van der Waals surface area contributed by atoms with Crippen LogP contribution in [0.2, 0.25) is 0 Å². The van der Waals surface area contributed by atoms with Crippen LogP contribution in [-0.2, 0) is 0 Å². The standard InChI is InChI=1S/C19H23BrO/c1-11-4-17(20)12(2)3-16(11)18(21)19-8-13-5-14(9-19)7-15(6-13)10-19/h3-4,13-15H,5-10H2,1-2H3. The van der Waals surface area contributed by atoms with E-state index in [0.29, 0.717) is 5.78 Å². The highest BCUT2D eigenvalue weighted by Crippen LogP contribution is 2.61. The smallest absolute Gasteiger partial charge is 0.169 e. The van der Waals surface area contributed by atoms with E-state index >= 15 is 0 Å². The number of carbonyl (C=O) groups is 1. The van der Waals surface area contributed by atoms with Crippen molar-refractivity contribution in [3.8, 4) is 0 Å². The molecule has 0 atom stereocenters. The molecule has 0 heterocycles. The number of hydrogen-bond donors (Lipinski definition) is 0. The van der Waals surface area contributed by atoms with Crippen LogP contribution in [0.1, 0.15) is 60.0 Å². The number of ketones is 1. The Hall–Kier alpha value is -0.630. The van der Waals surface area contributed by atoms with Crippen molar-refractivity contribution in [2.75, 3.05) is 0 Å². The second-order valence-corrected chi connectivity index (χ2v) is 8.80. The molecule has 2 heteroatoms. The maximum absolute atomic E-state index is 13.4. The zero-order valence-electron chi connectivity index (χ0n) is 12.9. The predicted molar refractivity (Wildman–Crippen MR) is 88.6 cm³/mol. The van der Waals surface area contributed by atoms with Gasteiger partial charge in [0.25, 0.3) is 0 Å². The van der Waals surface area contributed by atoms with E-state index < -0.39 is 0 Å². The van der Waals surface area contributed by atoms with Gasteiger partial charge < -0.3 is 0 Å². The summed E-state index contributed by atoms with van der Waals surface area (Å²) in [5, 5.41) is 0. The largest absolute Gasteiger partial charge is 0.294 e. The van der Waals surface area contributed by atoms with E-state index in [1.54, 1.807) is 0 Å². The van der Waals surface area contributed by atoms with Crippen molar-refractivity contribution < 1.29 is 4.79 Å². The molecule has 1 aromatic rings. The highest BCUT2D eigenvalue weighted by molar-refractivity contribution is 9.10. The maximum atomic E-state index is 13.4. The van der Waals surface area contributed by atoms with E-state index in [9.17, 15) is 4.79 Å². The van der Waals surface area contributed by atoms with Crippen molar-refractivity contribution in [3.63, 3.8) is 0 Å². The third-order valence-corrected chi connectivity index (χ3v) is 7.12. The quantitative estimate of drug-likeness (QED) is 0.649. The molecule has 4 aliphatic rings. The molecule has 1 aromatic carbocycles. The van der Waals surface area contributed by atoms with Crippen molar-refractivity contribution in [2.45, 2.75) is 52.4 Å². The fourth-order valence-corrected chi connectivity index (χ4v) is 6.16. The van der Waals surface area contributed by atoms with Crippen LogP contribution in [0.5, 0.6) is 0 Å². The minimum absolute atomic E-state index is 0.0141. The van der Waals surface area contributed by atoms with Gasteiger partial charge in [-0.3, -0.25) is 4.79 Å². The Labute approximate surface area is 135 Å². The summed E-state index contributed by atoms with van der Waals surface area (Å²) in [6, 6.07) is 4.23. The Bertz CT molecular complexity index is 581. The summed E-state index contributed by atoms with van der Waals surface area (Å²) in [7, 11) is 0. The molecular weight excluding hydrogens is 324 g/mol. The monoisotopic (exact) mass is 346 g/mol. The maximum Gasteiger partial charge on any atom is 0.169 e. The molecule has 0 amide bonds. The molecule has 0 N–H and O–H groups in total. The van der Waals surface area contributed by atoms with Crippen molar-refractivity contribution >= 4 is 21.7 Å². The van der Waals surface area contributed by atoms with Gasteiger partial charge in [0, 0.05) is 15.5 Å². The molecule has 0 saturated heterocycles. The van der Waals surface area contributed by atoms with Gasteiger partial charge in [-0.2, -0.15) is 0 Å². The Morgan fingerprint density at radius 2 is 1.52 bits per heavy atom. The van der Waals surface area contributed by atoms with Crippen LogP contribution < -0.4 is 0 Å². The number of halogens is 1. The van der Waals surface area contributed by atoms with Crippen molar-refractivity contribution in [3.05, 3.63) is 33.3 Å². The summed E-state index contributed by atoms with van der Waals surface area (Å²) in [5.74, 6) is 2.95. The van der Waals surface area contributed by atoms with Gasteiger partial charge in [0.05, 0.1) is 0 Å². The third kappa shape index (κ3) is 2.13. The van der Waals surface area contributed by atoms with Crippen LogP contribution in [0.25, 0.3) is 0 Å². The molecule has 1 nitrogen and oxygen atoms in total. The number of carbonyl (C=O) groups excluding carboxylic acids is 1. The van der Waals surface area contributed by atoms with Crippen molar-refractivity contribution in [2.24, 2.45) is 23.2 Å². The van der Waals surface area contributed by atoms with Gasteiger partial charge in [0.15, 0.2) is 5.78 Å². The first-order valence-electron chi connectivity index (χ1n) is 8.28. The highest BCUT2D eigenvalue weighted by Gasteiger charge is 2.54. The fraction of sp³-hybridized carbons (Fsp3) is 0.632. The van der Waals surface area contributed by atoms with E-state index in [1.807, 2.05) is 0 Å². The summed E-state index contributed by atoms with van der Waals surface area (Å²) in [6.07, 6.45) is 7.66. The first-order chi connectivity index (χ1) is 9.97. The second-order valence-electron chi connectivity index (χ2n) is 7.94. The molecule has 0 aromatic heterocycles. The van der Waals surface area contributed by atoms with Gasteiger partial charge in [-0.1, -0.05) is 15.9 Å². The van der Waals surface area contributed by atoms with Crippen LogP contribution in [-0.4, -0.2) is 5.78 Å². The summed E-state index contributed by atoms with van der Waals surface area (Å²) in [5.41, 5.74) is 3.28. The normalized spacial score (nSPS) is 37.0. The van der Waals surface area contributed by atoms with E-state index in [1.165, 1.54) is 24.8 Å². The molecular formula is C19H23BrO. The van der Waals surface area contributed by atoms with Crippen molar-refractivity contribution in [1.82, 2.24) is 0 Å². The topological polar surface area (TPSA) is 17.1 Å². The molecule has 0 aliphatic heterocycles. The molecule has 5 rings (SSSR count). The zero-order valence-corrected chi connectivity index (χ0v) is 14.5. The van der Waals surface area contributed by atoms with Gasteiger partial charge in [-0.15, -0.1) is 0 Å². The summed E-state index contributed by atoms with van der Waals surface area (Å²) in [4.78, 5) is 13.4. The lowest BCUT2D eigenvalue weighted by atomic mass is 9.48. The predicted octanol–water partition coefficient (Wildman–Crippen LogP) is 5.47. The van der Waals surface area contributed by atoms with Gasteiger partial charge >= 0.3 is 0 Å². The van der Waals surface area contributed by atoms with Crippen LogP contribution in [0.4, 0.5) is 0 Å². The minimum atomic E-state index is -0.0141. The molecule has 4 aliphatic carbocycles. The van der Waals surface area contributed by atoms with Crippen LogP contribution in [0.15, 0.2) is 16.6 Å². The number of rotatable bonds is 2. The lowest BCUT2D eigenvalue weighted by molar-refractivity contribution is -0.0353. The van der Waals surface area contributed by atoms with Gasteiger partial charge in [0.2, 0.25) is 0 Å². The molecule has 0 radical (unpaired) electrons. The van der Waals surface area contributed by atoms with Crippen LogP contribution in [0, 0.1) is 37.0 Å². The minimum Gasteiger partial charge on any atom is -0.294 e. The first kappa shape index (κ1) is 14.0. The Balaban J connectivity index is 1.73. The van der Waals surface area contributed by atoms with Gasteiger partial charge in [0.1, 0.15) is 0 Å². The second kappa shape index (κ2) is 4.68. The van der Waals surface area contributed by atoms with E-state index in [4.69, 9.17) is 0 Å². The lowest BCUT2D eigenvalue weighted by Crippen LogP contribution is -2.50. The Kier molecular flexibility index (Phi) is 3.12. The molecule has 112 valence electrons. The van der Waals surface area contributed by atoms with Gasteiger partial charge in [-0.25, -0.2) is 0 Å². The Morgan fingerprint density at radius 1 is 1.00 bits per heavy atom. The molecule has 4 bridgehead atoms. The first-order valence-corrected chi connectivity index (χ1v) is 9.08. The summed E-state index contributed by atoms with van der Waals surface area (Å²) < 4.78 is 1.11. The lowest BCUT2D eigenvalue weighted by Gasteiger charge is -2.56. The fourth-order valence-electron chi connectivity index (χ4n) is 5.70. The molecule has 21 heavy (non-hydrogen) atoms. The number of hydrogen-bond acceptors (Lipinski definition) is 1. The summed E-state index contributed by atoms with van der Waals surface area (Å²) >= 11 is 3.58. The molecule has 0 unspecified atom stereocenters. The zero-order chi connectivity index (χ0) is 14.8. The number of benzene rings is 1. The molecule has 0 spiro atoms. The van der Waals surface area contributed by atoms with Crippen molar-refractivity contribution in [1.29, 1.82) is 0 Å². The van der Waals surface area contributed by atoms with Crippen LogP contribution >= 0.6 is 15.9 Å². The van der Waals surface area contributed by atoms with E-state index in [0.717, 1.165) is 52.6 Å². The third-order valence-electron chi connectivity index (χ3n) is 6.27.